The van der Waals surface area contributed by atoms with Crippen molar-refractivity contribution in [2.45, 2.75) is 0 Å². The van der Waals surface area contributed by atoms with Gasteiger partial charge in [-0.05, 0) is 35.2 Å². The lowest BCUT2D eigenvalue weighted by Crippen LogP contribution is -2.13. The van der Waals surface area contributed by atoms with E-state index >= 15 is 0 Å². The first-order chi connectivity index (χ1) is 10.7. The maximum absolute atomic E-state index is 12.6. The molecule has 0 aliphatic carbocycles. The van der Waals surface area contributed by atoms with E-state index in [1.165, 1.54) is 11.3 Å². The molecule has 3 rings (SSSR count). The molecule has 1 aromatic carbocycles. The van der Waals surface area contributed by atoms with Crippen molar-refractivity contribution < 1.29 is 4.79 Å². The lowest BCUT2D eigenvalue weighted by Gasteiger charge is -2.08. The Morgan fingerprint density at radius 2 is 2.09 bits per heavy atom. The molecule has 0 unspecified atom stereocenters. The van der Waals surface area contributed by atoms with Crippen molar-refractivity contribution in [1.82, 2.24) is 4.98 Å². The standard InChI is InChI=1S/C16H11BrN2OS2/c17-12-4-1-3-11(9-12)14(10-13-5-2-7-21-13)15(20)19-16-18-6-8-22-16/h1-10H,(H,18,19,20). The van der Waals surface area contributed by atoms with E-state index in [1.54, 1.807) is 17.5 Å². The number of carbonyl (C=O) groups is 1. The number of thiophene rings is 1. The van der Waals surface area contributed by atoms with E-state index in [0.29, 0.717) is 10.7 Å². The molecule has 0 spiro atoms. The SMILES string of the molecule is O=C(Nc1nccs1)C(=Cc1cccs1)c1cccc(Br)c1. The number of nitrogens with one attached hydrogen (secondary N) is 1. The van der Waals surface area contributed by atoms with Crippen LogP contribution in [0.1, 0.15) is 10.4 Å². The molecule has 6 heteroatoms. The number of thiazole rings is 1. The minimum absolute atomic E-state index is 0.165. The van der Waals surface area contributed by atoms with Crippen LogP contribution in [0.5, 0.6) is 0 Å². The van der Waals surface area contributed by atoms with Crippen LogP contribution in [0.3, 0.4) is 0 Å². The van der Waals surface area contributed by atoms with Gasteiger partial charge >= 0.3 is 0 Å². The van der Waals surface area contributed by atoms with E-state index in [-0.39, 0.29) is 5.91 Å². The van der Waals surface area contributed by atoms with Crippen molar-refractivity contribution in [2.75, 3.05) is 5.32 Å². The lowest BCUT2D eigenvalue weighted by molar-refractivity contribution is -0.111. The summed E-state index contributed by atoms with van der Waals surface area (Å²) < 4.78 is 0.934. The van der Waals surface area contributed by atoms with Gasteiger partial charge < -0.3 is 0 Å². The average Bonchev–Trinajstić information content (AvgIpc) is 3.18. The first-order valence-electron chi connectivity index (χ1n) is 6.44. The monoisotopic (exact) mass is 390 g/mol. The number of hydrogen-bond acceptors (Lipinski definition) is 4. The summed E-state index contributed by atoms with van der Waals surface area (Å²) in [6.07, 6.45) is 3.57. The van der Waals surface area contributed by atoms with Gasteiger partial charge in [0.1, 0.15) is 0 Å². The first kappa shape index (κ1) is 15.1. The number of halogens is 1. The molecule has 2 aromatic heterocycles. The molecule has 3 aromatic rings. The van der Waals surface area contributed by atoms with Crippen LogP contribution in [-0.2, 0) is 4.79 Å². The number of hydrogen-bond donors (Lipinski definition) is 1. The van der Waals surface area contributed by atoms with Crippen LogP contribution in [0.4, 0.5) is 5.13 Å². The number of rotatable bonds is 4. The second kappa shape index (κ2) is 7.00. The summed E-state index contributed by atoms with van der Waals surface area (Å²) in [6.45, 7) is 0. The van der Waals surface area contributed by atoms with Gasteiger partial charge in [-0.25, -0.2) is 4.98 Å². The van der Waals surface area contributed by atoms with Gasteiger partial charge in [-0.3, -0.25) is 10.1 Å². The lowest BCUT2D eigenvalue weighted by atomic mass is 10.0. The van der Waals surface area contributed by atoms with Gasteiger partial charge in [0.05, 0.1) is 0 Å². The van der Waals surface area contributed by atoms with Gasteiger partial charge in [0, 0.05) is 26.5 Å². The van der Waals surface area contributed by atoms with Crippen molar-refractivity contribution in [3.8, 4) is 0 Å². The van der Waals surface area contributed by atoms with Crippen LogP contribution in [0, 0.1) is 0 Å². The van der Waals surface area contributed by atoms with E-state index in [4.69, 9.17) is 0 Å². The molecular weight excluding hydrogens is 380 g/mol. The molecule has 0 bridgehead atoms. The molecule has 0 saturated heterocycles. The Bertz CT molecular complexity index is 795. The third-order valence-corrected chi connectivity index (χ3v) is 4.86. The highest BCUT2D eigenvalue weighted by atomic mass is 79.9. The quantitative estimate of drug-likeness (QED) is 0.626. The van der Waals surface area contributed by atoms with Gasteiger partial charge in [0.15, 0.2) is 5.13 Å². The van der Waals surface area contributed by atoms with Crippen LogP contribution < -0.4 is 5.32 Å². The highest BCUT2D eigenvalue weighted by Gasteiger charge is 2.14. The van der Waals surface area contributed by atoms with Crippen LogP contribution in [-0.4, -0.2) is 10.9 Å². The van der Waals surface area contributed by atoms with Gasteiger partial charge in [-0.2, -0.15) is 0 Å². The summed E-state index contributed by atoms with van der Waals surface area (Å²) in [5.41, 5.74) is 1.47. The average molecular weight is 391 g/mol. The minimum Gasteiger partial charge on any atom is -0.298 e. The van der Waals surface area contributed by atoms with E-state index in [2.05, 4.69) is 26.2 Å². The molecule has 0 atom stereocenters. The highest BCUT2D eigenvalue weighted by molar-refractivity contribution is 9.10. The number of amides is 1. The molecule has 0 saturated carbocycles. The van der Waals surface area contributed by atoms with E-state index in [9.17, 15) is 4.79 Å². The Hall–Kier alpha value is -1.76. The molecule has 1 N–H and O–H groups in total. The smallest absolute Gasteiger partial charge is 0.258 e. The van der Waals surface area contributed by atoms with Crippen LogP contribution in [0.2, 0.25) is 0 Å². The molecule has 0 radical (unpaired) electrons. The van der Waals surface area contributed by atoms with Crippen molar-refractivity contribution in [1.29, 1.82) is 0 Å². The maximum atomic E-state index is 12.6. The highest BCUT2D eigenvalue weighted by Crippen LogP contribution is 2.25. The molecule has 0 aliphatic rings. The molecule has 22 heavy (non-hydrogen) atoms. The van der Waals surface area contributed by atoms with E-state index in [1.807, 2.05) is 53.2 Å². The second-order valence-corrected chi connectivity index (χ2v) is 7.16. The number of aromatic nitrogens is 1. The van der Waals surface area contributed by atoms with Gasteiger partial charge in [-0.15, -0.1) is 22.7 Å². The van der Waals surface area contributed by atoms with Crippen molar-refractivity contribution >= 4 is 61.3 Å². The summed E-state index contributed by atoms with van der Waals surface area (Å²) in [7, 11) is 0. The summed E-state index contributed by atoms with van der Waals surface area (Å²) in [5.74, 6) is -0.165. The van der Waals surface area contributed by atoms with Gasteiger partial charge in [-0.1, -0.05) is 34.1 Å². The minimum atomic E-state index is -0.165. The Kier molecular flexibility index (Phi) is 4.82. The molecule has 0 aliphatic heterocycles. The Balaban J connectivity index is 1.97. The molecule has 0 fully saturated rings. The van der Waals surface area contributed by atoms with Gasteiger partial charge in [0.2, 0.25) is 0 Å². The Labute approximate surface area is 144 Å². The molecule has 3 nitrogen and oxygen atoms in total. The fourth-order valence-electron chi connectivity index (χ4n) is 1.90. The number of carbonyl (C=O) groups excluding carboxylic acids is 1. The summed E-state index contributed by atoms with van der Waals surface area (Å²) in [5, 5.41) is 7.26. The van der Waals surface area contributed by atoms with Crippen molar-refractivity contribution in [3.05, 3.63) is 68.3 Å². The third-order valence-electron chi connectivity index (χ3n) is 2.86. The van der Waals surface area contributed by atoms with E-state index in [0.717, 1.165) is 14.9 Å². The molecule has 110 valence electrons. The number of nitrogens with zero attached hydrogens (tertiary/aromatic N) is 1. The Morgan fingerprint density at radius 1 is 1.18 bits per heavy atom. The van der Waals surface area contributed by atoms with Crippen LogP contribution in [0.15, 0.2) is 57.8 Å². The second-order valence-electron chi connectivity index (χ2n) is 4.38. The zero-order chi connectivity index (χ0) is 15.4. The fraction of sp³-hybridized carbons (Fsp3) is 0. The maximum Gasteiger partial charge on any atom is 0.258 e. The topological polar surface area (TPSA) is 42.0 Å². The molecule has 2 heterocycles. The summed E-state index contributed by atoms with van der Waals surface area (Å²) in [4.78, 5) is 17.8. The summed E-state index contributed by atoms with van der Waals surface area (Å²) in [6, 6.07) is 11.7. The number of benzene rings is 1. The van der Waals surface area contributed by atoms with Crippen molar-refractivity contribution in [2.24, 2.45) is 0 Å². The molecule has 1 amide bonds. The third kappa shape index (κ3) is 3.71. The van der Waals surface area contributed by atoms with Crippen LogP contribution >= 0.6 is 38.6 Å². The summed E-state index contributed by atoms with van der Waals surface area (Å²) >= 11 is 6.44. The molecular formula is C16H11BrN2OS2. The zero-order valence-corrected chi connectivity index (χ0v) is 14.5. The normalized spacial score (nSPS) is 11.4. The van der Waals surface area contributed by atoms with E-state index < -0.39 is 0 Å². The van der Waals surface area contributed by atoms with Crippen LogP contribution in [0.25, 0.3) is 11.6 Å². The Morgan fingerprint density at radius 3 is 2.77 bits per heavy atom. The van der Waals surface area contributed by atoms with Crippen molar-refractivity contribution in [3.63, 3.8) is 0 Å². The fourth-order valence-corrected chi connectivity index (χ4v) is 3.48. The van der Waals surface area contributed by atoms with Gasteiger partial charge in [0.25, 0.3) is 5.91 Å². The largest absolute Gasteiger partial charge is 0.298 e. The predicted octanol–water partition coefficient (Wildman–Crippen LogP) is 5.15. The first-order valence-corrected chi connectivity index (χ1v) is 8.99. The zero-order valence-electron chi connectivity index (χ0n) is 11.3. The predicted molar refractivity (Wildman–Crippen MR) is 97.1 cm³/mol. The number of anilines is 1.